The van der Waals surface area contributed by atoms with Gasteiger partial charge in [-0.05, 0) is 24.5 Å². The zero-order valence-corrected chi connectivity index (χ0v) is 11.7. The van der Waals surface area contributed by atoms with Crippen LogP contribution in [0.3, 0.4) is 0 Å². The van der Waals surface area contributed by atoms with Gasteiger partial charge in [-0.15, -0.1) is 11.8 Å². The second-order valence-corrected chi connectivity index (χ2v) is 5.09. The molecule has 1 aromatic rings. The first-order chi connectivity index (χ1) is 8.93. The van der Waals surface area contributed by atoms with Crippen LogP contribution in [-0.4, -0.2) is 41.5 Å². The molecule has 0 amide bonds. The summed E-state index contributed by atoms with van der Waals surface area (Å²) in [6.45, 7) is 1.52. The molecule has 1 atom stereocenters. The van der Waals surface area contributed by atoms with Gasteiger partial charge >= 0.3 is 11.9 Å². The van der Waals surface area contributed by atoms with Crippen molar-refractivity contribution < 1.29 is 19.8 Å². The van der Waals surface area contributed by atoms with E-state index in [1.807, 2.05) is 24.5 Å². The molecule has 1 rings (SSSR count). The zero-order chi connectivity index (χ0) is 14.4. The molecular formula is C13H17NO4S. The molecule has 5 nitrogen and oxygen atoms in total. The molecule has 0 fully saturated rings. The summed E-state index contributed by atoms with van der Waals surface area (Å²) in [5.41, 5.74) is 0.724. The minimum Gasteiger partial charge on any atom is -0.481 e. The maximum Gasteiger partial charge on any atom is 0.323 e. The molecule has 0 bridgehead atoms. The van der Waals surface area contributed by atoms with E-state index in [-0.39, 0.29) is 13.1 Å². The van der Waals surface area contributed by atoms with Crippen molar-refractivity contribution in [3.05, 3.63) is 24.3 Å². The molecule has 0 radical (unpaired) electrons. The fourth-order valence-corrected chi connectivity index (χ4v) is 2.09. The Morgan fingerprint density at radius 2 is 2.05 bits per heavy atom. The van der Waals surface area contributed by atoms with E-state index in [9.17, 15) is 9.59 Å². The van der Waals surface area contributed by atoms with Crippen molar-refractivity contribution in [2.24, 2.45) is 5.92 Å². The Bertz CT molecular complexity index is 464. The first kappa shape index (κ1) is 15.4. The van der Waals surface area contributed by atoms with E-state index in [4.69, 9.17) is 10.2 Å². The van der Waals surface area contributed by atoms with E-state index in [0.717, 1.165) is 10.6 Å². The van der Waals surface area contributed by atoms with E-state index in [2.05, 4.69) is 0 Å². The van der Waals surface area contributed by atoms with Crippen LogP contribution >= 0.6 is 11.8 Å². The standard InChI is InChI=1S/C13H17NO4S/c1-9(13(17)18)7-14(8-12(15)16)10-4-3-5-11(6-10)19-2/h3-6,9H,7-8H2,1-2H3,(H,15,16)(H,17,18). The lowest BCUT2D eigenvalue weighted by atomic mass is 10.1. The molecule has 1 aromatic carbocycles. The summed E-state index contributed by atoms with van der Waals surface area (Å²) in [6.07, 6.45) is 1.93. The summed E-state index contributed by atoms with van der Waals surface area (Å²) in [7, 11) is 0. The number of nitrogens with zero attached hydrogens (tertiary/aromatic N) is 1. The molecule has 0 spiro atoms. The number of hydrogen-bond donors (Lipinski definition) is 2. The maximum absolute atomic E-state index is 10.9. The Morgan fingerprint density at radius 1 is 1.37 bits per heavy atom. The topological polar surface area (TPSA) is 77.8 Å². The highest BCUT2D eigenvalue weighted by Crippen LogP contribution is 2.22. The smallest absolute Gasteiger partial charge is 0.323 e. The van der Waals surface area contributed by atoms with E-state index in [1.54, 1.807) is 29.7 Å². The molecule has 0 heterocycles. The molecule has 1 unspecified atom stereocenters. The molecule has 0 aliphatic carbocycles. The Morgan fingerprint density at radius 3 is 2.58 bits per heavy atom. The maximum atomic E-state index is 10.9. The first-order valence-corrected chi connectivity index (χ1v) is 7.00. The highest BCUT2D eigenvalue weighted by Gasteiger charge is 2.18. The molecule has 104 valence electrons. The van der Waals surface area contributed by atoms with Crippen molar-refractivity contribution in [2.75, 3.05) is 24.2 Å². The number of carboxylic acid groups (broad SMARTS) is 2. The van der Waals surface area contributed by atoms with Gasteiger partial charge < -0.3 is 15.1 Å². The zero-order valence-electron chi connectivity index (χ0n) is 10.9. The summed E-state index contributed by atoms with van der Waals surface area (Å²) in [4.78, 5) is 24.4. The lowest BCUT2D eigenvalue weighted by molar-refractivity contribution is -0.141. The summed E-state index contributed by atoms with van der Waals surface area (Å²) in [5, 5.41) is 17.9. The molecule has 0 saturated carbocycles. The molecule has 2 N–H and O–H groups in total. The molecule has 0 aliphatic heterocycles. The fourth-order valence-electron chi connectivity index (χ4n) is 1.64. The van der Waals surface area contributed by atoms with Crippen molar-refractivity contribution in [2.45, 2.75) is 11.8 Å². The predicted molar refractivity (Wildman–Crippen MR) is 74.9 cm³/mol. The molecule has 6 heteroatoms. The third-order valence-corrected chi connectivity index (χ3v) is 3.39. The van der Waals surface area contributed by atoms with Gasteiger partial charge in [0, 0.05) is 17.1 Å². The van der Waals surface area contributed by atoms with E-state index in [0.29, 0.717) is 0 Å². The average Bonchev–Trinajstić information content (AvgIpc) is 2.37. The van der Waals surface area contributed by atoms with Crippen molar-refractivity contribution >= 4 is 29.4 Å². The van der Waals surface area contributed by atoms with Crippen LogP contribution in [0.15, 0.2) is 29.2 Å². The number of benzene rings is 1. The van der Waals surface area contributed by atoms with Crippen LogP contribution in [0.1, 0.15) is 6.92 Å². The molecule has 0 aromatic heterocycles. The summed E-state index contributed by atoms with van der Waals surface area (Å²) in [6, 6.07) is 7.41. The highest BCUT2D eigenvalue weighted by atomic mass is 32.2. The van der Waals surface area contributed by atoms with Crippen LogP contribution in [0.2, 0.25) is 0 Å². The van der Waals surface area contributed by atoms with Gasteiger partial charge in [0.2, 0.25) is 0 Å². The van der Waals surface area contributed by atoms with Gasteiger partial charge in [0.1, 0.15) is 6.54 Å². The number of carboxylic acids is 2. The fraction of sp³-hybridized carbons (Fsp3) is 0.385. The number of thioether (sulfide) groups is 1. The average molecular weight is 283 g/mol. The Kier molecular flexibility index (Phi) is 5.69. The third kappa shape index (κ3) is 4.82. The molecular weight excluding hydrogens is 266 g/mol. The van der Waals surface area contributed by atoms with Crippen LogP contribution in [0.4, 0.5) is 5.69 Å². The van der Waals surface area contributed by atoms with Gasteiger partial charge in [0.05, 0.1) is 5.92 Å². The normalized spacial score (nSPS) is 11.9. The summed E-state index contributed by atoms with van der Waals surface area (Å²) >= 11 is 1.55. The number of anilines is 1. The number of aliphatic carboxylic acids is 2. The second kappa shape index (κ2) is 7.04. The van der Waals surface area contributed by atoms with Crippen LogP contribution in [0, 0.1) is 5.92 Å². The van der Waals surface area contributed by atoms with Gasteiger partial charge in [-0.3, -0.25) is 9.59 Å². The van der Waals surface area contributed by atoms with Crippen LogP contribution < -0.4 is 4.90 Å². The van der Waals surface area contributed by atoms with Gasteiger partial charge in [-0.1, -0.05) is 13.0 Å². The van der Waals surface area contributed by atoms with Gasteiger partial charge in [0.15, 0.2) is 0 Å². The second-order valence-electron chi connectivity index (χ2n) is 4.22. The van der Waals surface area contributed by atoms with Gasteiger partial charge in [0.25, 0.3) is 0 Å². The molecule has 0 saturated heterocycles. The van der Waals surface area contributed by atoms with Crippen LogP contribution in [0.5, 0.6) is 0 Å². The SMILES string of the molecule is CSc1cccc(N(CC(=O)O)CC(C)C(=O)O)c1. The van der Waals surface area contributed by atoms with E-state index < -0.39 is 17.9 Å². The van der Waals surface area contributed by atoms with Crippen LogP contribution in [-0.2, 0) is 9.59 Å². The molecule has 19 heavy (non-hydrogen) atoms. The number of rotatable bonds is 7. The highest BCUT2D eigenvalue weighted by molar-refractivity contribution is 7.98. The Labute approximate surface area is 116 Å². The molecule has 0 aliphatic rings. The summed E-state index contributed by atoms with van der Waals surface area (Å²) < 4.78 is 0. The van der Waals surface area contributed by atoms with Crippen molar-refractivity contribution in [3.8, 4) is 0 Å². The number of hydrogen-bond acceptors (Lipinski definition) is 4. The van der Waals surface area contributed by atoms with E-state index in [1.165, 1.54) is 0 Å². The third-order valence-electron chi connectivity index (χ3n) is 2.66. The number of carbonyl (C=O) groups is 2. The monoisotopic (exact) mass is 283 g/mol. The van der Waals surface area contributed by atoms with Crippen molar-refractivity contribution in [1.82, 2.24) is 0 Å². The minimum absolute atomic E-state index is 0.166. The lowest BCUT2D eigenvalue weighted by Crippen LogP contribution is -2.35. The minimum atomic E-state index is -0.979. The van der Waals surface area contributed by atoms with Crippen molar-refractivity contribution in [3.63, 3.8) is 0 Å². The predicted octanol–water partition coefficient (Wildman–Crippen LogP) is 2.02. The van der Waals surface area contributed by atoms with Gasteiger partial charge in [-0.25, -0.2) is 0 Å². The Balaban J connectivity index is 2.94. The summed E-state index contributed by atoms with van der Waals surface area (Å²) in [5.74, 6) is -2.54. The van der Waals surface area contributed by atoms with E-state index >= 15 is 0 Å². The lowest BCUT2D eigenvalue weighted by Gasteiger charge is -2.25. The largest absolute Gasteiger partial charge is 0.481 e. The van der Waals surface area contributed by atoms with Gasteiger partial charge in [-0.2, -0.15) is 0 Å². The van der Waals surface area contributed by atoms with Crippen molar-refractivity contribution in [1.29, 1.82) is 0 Å². The quantitative estimate of drug-likeness (QED) is 0.745. The van der Waals surface area contributed by atoms with Crippen LogP contribution in [0.25, 0.3) is 0 Å². The Hall–Kier alpha value is -1.69. The first-order valence-electron chi connectivity index (χ1n) is 5.77.